The minimum Gasteiger partial charge on any atom is -0.378 e. The van der Waals surface area contributed by atoms with Crippen molar-refractivity contribution in [2.24, 2.45) is 0 Å². The summed E-state index contributed by atoms with van der Waals surface area (Å²) in [6.07, 6.45) is 5.08. The molecule has 0 bridgehead atoms. The molecule has 0 aromatic carbocycles. The molecule has 19 heavy (non-hydrogen) atoms. The molecule has 1 N–H and O–H groups in total. The Morgan fingerprint density at radius 3 is 2.84 bits per heavy atom. The van der Waals surface area contributed by atoms with Crippen LogP contribution in [0.3, 0.4) is 0 Å². The average Bonchev–Trinajstić information content (AvgIpc) is 2.47. The molecule has 1 atom stereocenters. The van der Waals surface area contributed by atoms with E-state index in [1.54, 1.807) is 0 Å². The highest BCUT2D eigenvalue weighted by Crippen LogP contribution is 2.10. The number of likely N-dealkylation sites (N-methyl/N-ethyl adjacent to an activating group) is 1. The van der Waals surface area contributed by atoms with E-state index in [9.17, 15) is 4.79 Å². The van der Waals surface area contributed by atoms with E-state index in [2.05, 4.69) is 10.2 Å². The Balaban J connectivity index is 1.62. The van der Waals surface area contributed by atoms with Gasteiger partial charge >= 0.3 is 0 Å². The van der Waals surface area contributed by atoms with Gasteiger partial charge in [0, 0.05) is 19.1 Å². The Labute approximate surface area is 116 Å². The average molecular weight is 269 g/mol. The van der Waals surface area contributed by atoms with Crippen molar-refractivity contribution < 1.29 is 9.53 Å². The third kappa shape index (κ3) is 5.09. The minimum atomic E-state index is 0.238. The molecule has 2 saturated heterocycles. The van der Waals surface area contributed by atoms with Gasteiger partial charge in [0.2, 0.25) is 5.91 Å². The van der Waals surface area contributed by atoms with Crippen LogP contribution in [0.25, 0.3) is 0 Å². The Morgan fingerprint density at radius 2 is 2.16 bits per heavy atom. The SMILES string of the molecule is CN(CCC1CCCCN1)CC(=O)N1CCOCC1. The number of hydrogen-bond acceptors (Lipinski definition) is 4. The first-order valence-electron chi connectivity index (χ1n) is 7.53. The predicted molar refractivity (Wildman–Crippen MR) is 75.2 cm³/mol. The molecule has 0 aliphatic carbocycles. The summed E-state index contributed by atoms with van der Waals surface area (Å²) in [6.45, 7) is 5.54. The molecule has 2 rings (SSSR count). The Bertz CT molecular complexity index is 274. The zero-order valence-corrected chi connectivity index (χ0v) is 12.1. The van der Waals surface area contributed by atoms with Crippen molar-refractivity contribution in [2.75, 3.05) is 53.0 Å². The first kappa shape index (κ1) is 14.8. The fourth-order valence-electron chi connectivity index (χ4n) is 2.77. The molecule has 0 aromatic heterocycles. The van der Waals surface area contributed by atoms with Gasteiger partial charge in [0.05, 0.1) is 19.8 Å². The van der Waals surface area contributed by atoms with E-state index in [1.807, 2.05) is 11.9 Å². The number of hydrogen-bond donors (Lipinski definition) is 1. The summed E-state index contributed by atoms with van der Waals surface area (Å²) >= 11 is 0. The summed E-state index contributed by atoms with van der Waals surface area (Å²) < 4.78 is 5.27. The van der Waals surface area contributed by atoms with Gasteiger partial charge in [0.15, 0.2) is 0 Å². The predicted octanol–water partition coefficient (Wildman–Crippen LogP) is 0.309. The van der Waals surface area contributed by atoms with Crippen LogP contribution in [-0.4, -0.2) is 74.7 Å². The quantitative estimate of drug-likeness (QED) is 0.780. The monoisotopic (exact) mass is 269 g/mol. The molecule has 5 nitrogen and oxygen atoms in total. The second kappa shape index (κ2) is 7.82. The Hall–Kier alpha value is -0.650. The highest BCUT2D eigenvalue weighted by atomic mass is 16.5. The molecule has 1 unspecified atom stereocenters. The van der Waals surface area contributed by atoms with Crippen LogP contribution < -0.4 is 5.32 Å². The lowest BCUT2D eigenvalue weighted by Gasteiger charge is -2.29. The summed E-state index contributed by atoms with van der Waals surface area (Å²) in [7, 11) is 2.04. The topological polar surface area (TPSA) is 44.8 Å². The smallest absolute Gasteiger partial charge is 0.236 e. The molecule has 110 valence electrons. The fourth-order valence-corrected chi connectivity index (χ4v) is 2.77. The van der Waals surface area contributed by atoms with Gasteiger partial charge in [-0.3, -0.25) is 9.69 Å². The Morgan fingerprint density at radius 1 is 1.37 bits per heavy atom. The lowest BCUT2D eigenvalue weighted by molar-refractivity contribution is -0.136. The summed E-state index contributed by atoms with van der Waals surface area (Å²) in [6, 6.07) is 0.648. The molecule has 0 spiro atoms. The number of ether oxygens (including phenoxy) is 1. The zero-order chi connectivity index (χ0) is 13.5. The van der Waals surface area contributed by atoms with Gasteiger partial charge in [-0.05, 0) is 39.4 Å². The van der Waals surface area contributed by atoms with Gasteiger partial charge in [-0.25, -0.2) is 0 Å². The van der Waals surface area contributed by atoms with Gasteiger partial charge in [-0.2, -0.15) is 0 Å². The summed E-state index contributed by atoms with van der Waals surface area (Å²) in [5, 5.41) is 3.55. The van der Waals surface area contributed by atoms with Gasteiger partial charge < -0.3 is 15.0 Å². The standard InChI is InChI=1S/C14H27N3O2/c1-16(7-5-13-4-2-3-6-15-13)12-14(18)17-8-10-19-11-9-17/h13,15H,2-12H2,1H3. The molecular weight excluding hydrogens is 242 g/mol. The van der Waals surface area contributed by atoms with Crippen LogP contribution >= 0.6 is 0 Å². The van der Waals surface area contributed by atoms with Crippen molar-refractivity contribution in [1.29, 1.82) is 0 Å². The zero-order valence-electron chi connectivity index (χ0n) is 12.1. The summed E-state index contributed by atoms with van der Waals surface area (Å²) in [5.74, 6) is 0.238. The van der Waals surface area contributed by atoms with E-state index in [0.717, 1.165) is 32.6 Å². The van der Waals surface area contributed by atoms with Crippen LogP contribution in [0.15, 0.2) is 0 Å². The van der Waals surface area contributed by atoms with E-state index in [-0.39, 0.29) is 5.91 Å². The van der Waals surface area contributed by atoms with Crippen LogP contribution in [-0.2, 0) is 9.53 Å². The number of nitrogens with one attached hydrogen (secondary N) is 1. The van der Waals surface area contributed by atoms with Gasteiger partial charge in [0.1, 0.15) is 0 Å². The number of piperidine rings is 1. The number of carbonyl (C=O) groups excluding carboxylic acids is 1. The molecule has 0 radical (unpaired) electrons. The molecule has 2 aliphatic heterocycles. The van der Waals surface area contributed by atoms with Crippen molar-refractivity contribution in [3.05, 3.63) is 0 Å². The summed E-state index contributed by atoms with van der Waals surface area (Å²) in [5.41, 5.74) is 0. The molecule has 0 aromatic rings. The largest absolute Gasteiger partial charge is 0.378 e. The fraction of sp³-hybridized carbons (Fsp3) is 0.929. The third-order valence-corrected chi connectivity index (χ3v) is 4.04. The van der Waals surface area contributed by atoms with Crippen LogP contribution in [0.4, 0.5) is 0 Å². The molecule has 0 saturated carbocycles. The second-order valence-corrected chi connectivity index (χ2v) is 5.67. The van der Waals surface area contributed by atoms with E-state index >= 15 is 0 Å². The minimum absolute atomic E-state index is 0.238. The first-order chi connectivity index (χ1) is 9.25. The highest BCUT2D eigenvalue weighted by Gasteiger charge is 2.19. The molecule has 5 heteroatoms. The second-order valence-electron chi connectivity index (χ2n) is 5.67. The Kier molecular flexibility index (Phi) is 6.07. The van der Waals surface area contributed by atoms with Crippen molar-refractivity contribution in [3.8, 4) is 0 Å². The molecular formula is C14H27N3O2. The number of morpholine rings is 1. The van der Waals surface area contributed by atoms with E-state index in [4.69, 9.17) is 4.74 Å². The van der Waals surface area contributed by atoms with Crippen molar-refractivity contribution >= 4 is 5.91 Å². The molecule has 2 fully saturated rings. The van der Waals surface area contributed by atoms with Crippen LogP contribution in [0.2, 0.25) is 0 Å². The maximum absolute atomic E-state index is 12.1. The van der Waals surface area contributed by atoms with Gasteiger partial charge in [-0.1, -0.05) is 6.42 Å². The number of amides is 1. The molecule has 1 amide bonds. The highest BCUT2D eigenvalue weighted by molar-refractivity contribution is 5.78. The third-order valence-electron chi connectivity index (χ3n) is 4.04. The maximum atomic E-state index is 12.1. The van der Waals surface area contributed by atoms with E-state index in [0.29, 0.717) is 25.8 Å². The van der Waals surface area contributed by atoms with Gasteiger partial charge in [0.25, 0.3) is 0 Å². The molecule has 2 aliphatic rings. The van der Waals surface area contributed by atoms with Crippen LogP contribution in [0.1, 0.15) is 25.7 Å². The lowest BCUT2D eigenvalue weighted by Crippen LogP contribution is -2.45. The number of rotatable bonds is 5. The van der Waals surface area contributed by atoms with Crippen LogP contribution in [0, 0.1) is 0 Å². The summed E-state index contributed by atoms with van der Waals surface area (Å²) in [4.78, 5) is 16.1. The van der Waals surface area contributed by atoms with Crippen molar-refractivity contribution in [2.45, 2.75) is 31.7 Å². The van der Waals surface area contributed by atoms with Gasteiger partial charge in [-0.15, -0.1) is 0 Å². The maximum Gasteiger partial charge on any atom is 0.236 e. The lowest BCUT2D eigenvalue weighted by atomic mass is 10.0. The molecule has 2 heterocycles. The first-order valence-corrected chi connectivity index (χ1v) is 7.53. The van der Waals surface area contributed by atoms with Crippen molar-refractivity contribution in [3.63, 3.8) is 0 Å². The van der Waals surface area contributed by atoms with Crippen LogP contribution in [0.5, 0.6) is 0 Å². The number of nitrogens with zero attached hydrogens (tertiary/aromatic N) is 2. The van der Waals surface area contributed by atoms with E-state index < -0.39 is 0 Å². The van der Waals surface area contributed by atoms with E-state index in [1.165, 1.54) is 19.3 Å². The number of carbonyl (C=O) groups is 1. The van der Waals surface area contributed by atoms with Crippen molar-refractivity contribution in [1.82, 2.24) is 15.1 Å². The normalized spacial score (nSPS) is 24.7.